The van der Waals surface area contributed by atoms with Crippen LogP contribution in [-0.2, 0) is 47.6 Å². The molecule has 0 spiro atoms. The molecule has 0 amide bonds. The van der Waals surface area contributed by atoms with Crippen molar-refractivity contribution in [1.82, 2.24) is 4.90 Å². The van der Waals surface area contributed by atoms with Crippen LogP contribution in [-0.4, -0.2) is 93.7 Å². The molecule has 2 unspecified atom stereocenters. The lowest BCUT2D eigenvalue weighted by atomic mass is 9.94. The molecule has 0 saturated heterocycles. The van der Waals surface area contributed by atoms with Gasteiger partial charge in [-0.25, -0.2) is 4.79 Å². The van der Waals surface area contributed by atoms with Crippen LogP contribution in [0.3, 0.4) is 0 Å². The van der Waals surface area contributed by atoms with E-state index in [1.165, 1.54) is 103 Å². The Balaban J connectivity index is 4.70. The number of ether oxygens (including phenoxy) is 6. The van der Waals surface area contributed by atoms with Crippen LogP contribution in [0, 0.1) is 11.8 Å². The van der Waals surface area contributed by atoms with Crippen LogP contribution >= 0.6 is 0 Å². The van der Waals surface area contributed by atoms with Crippen molar-refractivity contribution in [1.29, 1.82) is 0 Å². The number of carbonyl (C=O) groups excluding carboxylic acids is 5. The Morgan fingerprint density at radius 1 is 0.391 bits per heavy atom. The standard InChI is InChI=1S/C57H107NO11/c1-7-13-16-19-22-26-32-40-52(10-4)69-55(61)43-35-29-34-42-54(60)67-48-50(49-68-57(63)65-46-37-44-58(11-5)12-6)47-66-53(59)41-33-27-23-28-36-45-64-56(62)51(38-30-24-20-17-14-8-2)39-31-25-21-18-15-9-3/h50-52H,7-49H2,1-6H3. The Hall–Kier alpha value is -2.89. The van der Waals surface area contributed by atoms with Gasteiger partial charge in [-0.2, -0.15) is 0 Å². The van der Waals surface area contributed by atoms with Crippen LogP contribution in [0.15, 0.2) is 0 Å². The SMILES string of the molecule is CCCCCCCCCC(CC)OC(=O)CCCCCC(=O)OCC(COC(=O)CCCCCCCOC(=O)C(CCCCCCCC)CCCCCCCC)COC(=O)OCCCN(CC)CC. The number of carbonyl (C=O) groups is 5. The average Bonchev–Trinajstić information content (AvgIpc) is 3.34. The van der Waals surface area contributed by atoms with Crippen molar-refractivity contribution >= 4 is 30.0 Å². The highest BCUT2D eigenvalue weighted by atomic mass is 16.7. The van der Waals surface area contributed by atoms with Crippen molar-refractivity contribution in [3.05, 3.63) is 0 Å². The molecule has 0 aliphatic carbocycles. The molecule has 12 heteroatoms. The zero-order valence-electron chi connectivity index (χ0n) is 45.6. The summed E-state index contributed by atoms with van der Waals surface area (Å²) in [6.45, 7) is 16.0. The van der Waals surface area contributed by atoms with Gasteiger partial charge in [0.25, 0.3) is 0 Å². The summed E-state index contributed by atoms with van der Waals surface area (Å²) in [5.74, 6) is -1.51. The van der Waals surface area contributed by atoms with Gasteiger partial charge >= 0.3 is 30.0 Å². The minimum absolute atomic E-state index is 0.0102. The molecule has 0 aliphatic rings. The quantitative estimate of drug-likeness (QED) is 0.0325. The summed E-state index contributed by atoms with van der Waals surface area (Å²) in [7, 11) is 0. The zero-order chi connectivity index (χ0) is 50.8. The summed E-state index contributed by atoms with van der Waals surface area (Å²) in [6.07, 6.45) is 33.6. The molecule has 0 heterocycles. The molecule has 0 radical (unpaired) electrons. The summed E-state index contributed by atoms with van der Waals surface area (Å²) >= 11 is 0. The van der Waals surface area contributed by atoms with Crippen molar-refractivity contribution in [2.45, 2.75) is 272 Å². The summed E-state index contributed by atoms with van der Waals surface area (Å²) in [5.41, 5.74) is 0. The Labute approximate surface area is 422 Å². The van der Waals surface area contributed by atoms with E-state index in [1.807, 2.05) is 0 Å². The lowest BCUT2D eigenvalue weighted by molar-refractivity contribution is -0.151. The number of esters is 4. The van der Waals surface area contributed by atoms with Gasteiger partial charge in [-0.1, -0.05) is 183 Å². The highest BCUT2D eigenvalue weighted by Crippen LogP contribution is 2.22. The summed E-state index contributed by atoms with van der Waals surface area (Å²) in [5, 5.41) is 0. The molecule has 0 rings (SSSR count). The first-order valence-corrected chi connectivity index (χ1v) is 28.8. The highest BCUT2D eigenvalue weighted by molar-refractivity contribution is 5.72. The molecule has 0 fully saturated rings. The third kappa shape index (κ3) is 43.6. The van der Waals surface area contributed by atoms with E-state index in [-0.39, 0.29) is 69.2 Å². The second-order valence-electron chi connectivity index (χ2n) is 19.5. The Bertz CT molecular complexity index is 1200. The van der Waals surface area contributed by atoms with E-state index in [2.05, 4.69) is 46.4 Å². The topological polar surface area (TPSA) is 144 Å². The second-order valence-corrected chi connectivity index (χ2v) is 19.5. The Morgan fingerprint density at radius 2 is 0.797 bits per heavy atom. The van der Waals surface area contributed by atoms with Crippen LogP contribution in [0.5, 0.6) is 0 Å². The molecule has 12 nitrogen and oxygen atoms in total. The van der Waals surface area contributed by atoms with E-state index in [0.29, 0.717) is 45.1 Å². The maximum Gasteiger partial charge on any atom is 0.508 e. The Kier molecular flexibility index (Phi) is 48.0. The largest absolute Gasteiger partial charge is 0.508 e. The van der Waals surface area contributed by atoms with E-state index in [4.69, 9.17) is 28.4 Å². The van der Waals surface area contributed by atoms with Gasteiger partial charge in [0.05, 0.1) is 25.0 Å². The molecule has 0 aliphatic heterocycles. The molecule has 0 aromatic heterocycles. The number of hydrogen-bond donors (Lipinski definition) is 0. The molecule has 0 aromatic rings. The summed E-state index contributed by atoms with van der Waals surface area (Å²) in [6, 6.07) is 0. The van der Waals surface area contributed by atoms with Gasteiger partial charge in [0.15, 0.2) is 0 Å². The smallest absolute Gasteiger partial charge is 0.465 e. The zero-order valence-corrected chi connectivity index (χ0v) is 45.6. The van der Waals surface area contributed by atoms with E-state index in [1.54, 1.807) is 0 Å². The second kappa shape index (κ2) is 50.1. The molecule has 406 valence electrons. The third-order valence-electron chi connectivity index (χ3n) is 13.2. The number of rotatable bonds is 51. The van der Waals surface area contributed by atoms with Crippen molar-refractivity contribution in [3.8, 4) is 0 Å². The van der Waals surface area contributed by atoms with Crippen LogP contribution in [0.4, 0.5) is 4.79 Å². The van der Waals surface area contributed by atoms with Gasteiger partial charge in [0, 0.05) is 25.8 Å². The fourth-order valence-corrected chi connectivity index (χ4v) is 8.47. The molecule has 2 atom stereocenters. The predicted octanol–water partition coefficient (Wildman–Crippen LogP) is 15.0. The van der Waals surface area contributed by atoms with Crippen LogP contribution in [0.1, 0.15) is 266 Å². The molecule has 0 bridgehead atoms. The molecular weight excluding hydrogens is 875 g/mol. The van der Waals surface area contributed by atoms with Gasteiger partial charge in [-0.05, 0) is 77.3 Å². The fraction of sp³-hybridized carbons (Fsp3) is 0.912. The van der Waals surface area contributed by atoms with Crippen LogP contribution in [0.25, 0.3) is 0 Å². The van der Waals surface area contributed by atoms with E-state index >= 15 is 0 Å². The van der Waals surface area contributed by atoms with E-state index in [0.717, 1.165) is 90.3 Å². The molecular formula is C57H107NO11. The minimum Gasteiger partial charge on any atom is -0.465 e. The fourth-order valence-electron chi connectivity index (χ4n) is 8.47. The van der Waals surface area contributed by atoms with Gasteiger partial charge < -0.3 is 33.3 Å². The summed E-state index contributed by atoms with van der Waals surface area (Å²) < 4.78 is 33.2. The number of unbranched alkanes of at least 4 members (excludes halogenated alkanes) is 22. The van der Waals surface area contributed by atoms with Gasteiger partial charge in [-0.3, -0.25) is 19.2 Å². The molecule has 0 N–H and O–H groups in total. The van der Waals surface area contributed by atoms with Crippen molar-refractivity contribution in [2.75, 3.05) is 52.7 Å². The number of hydrogen-bond acceptors (Lipinski definition) is 12. The maximum atomic E-state index is 13.1. The van der Waals surface area contributed by atoms with Crippen molar-refractivity contribution in [3.63, 3.8) is 0 Å². The van der Waals surface area contributed by atoms with E-state index < -0.39 is 18.0 Å². The summed E-state index contributed by atoms with van der Waals surface area (Å²) in [4.78, 5) is 65.6. The molecule has 69 heavy (non-hydrogen) atoms. The highest BCUT2D eigenvalue weighted by Gasteiger charge is 2.21. The first-order valence-electron chi connectivity index (χ1n) is 28.8. The molecule has 0 aromatic carbocycles. The van der Waals surface area contributed by atoms with Crippen LogP contribution < -0.4 is 0 Å². The van der Waals surface area contributed by atoms with Gasteiger partial charge in [0.2, 0.25) is 0 Å². The third-order valence-corrected chi connectivity index (χ3v) is 13.2. The minimum atomic E-state index is -0.810. The lowest BCUT2D eigenvalue weighted by Crippen LogP contribution is -2.27. The lowest BCUT2D eigenvalue weighted by Gasteiger charge is -2.18. The molecule has 0 saturated carbocycles. The first-order chi connectivity index (χ1) is 33.6. The Morgan fingerprint density at radius 3 is 1.29 bits per heavy atom. The predicted molar refractivity (Wildman–Crippen MR) is 279 cm³/mol. The maximum absolute atomic E-state index is 13.1. The average molecular weight is 982 g/mol. The van der Waals surface area contributed by atoms with Crippen LogP contribution in [0.2, 0.25) is 0 Å². The normalized spacial score (nSPS) is 12.2. The monoisotopic (exact) mass is 982 g/mol. The first kappa shape index (κ1) is 66.1. The van der Waals surface area contributed by atoms with Gasteiger partial charge in [0.1, 0.15) is 25.9 Å². The van der Waals surface area contributed by atoms with Gasteiger partial charge in [-0.15, -0.1) is 0 Å². The van der Waals surface area contributed by atoms with Crippen molar-refractivity contribution < 1.29 is 52.4 Å². The number of nitrogens with zero attached hydrogens (tertiary/aromatic N) is 1. The van der Waals surface area contributed by atoms with E-state index in [9.17, 15) is 24.0 Å². The van der Waals surface area contributed by atoms with Crippen molar-refractivity contribution in [2.24, 2.45) is 11.8 Å².